The Bertz CT molecular complexity index is 623. The van der Waals surface area contributed by atoms with Crippen molar-refractivity contribution in [1.29, 1.82) is 0 Å². The highest BCUT2D eigenvalue weighted by atomic mass is 32.1. The predicted octanol–water partition coefficient (Wildman–Crippen LogP) is 2.98. The number of aromatic amines is 1. The highest BCUT2D eigenvalue weighted by Gasteiger charge is 2.02. The minimum absolute atomic E-state index is 0.822. The molecule has 5 heteroatoms. The van der Waals surface area contributed by atoms with E-state index in [-0.39, 0.29) is 0 Å². The van der Waals surface area contributed by atoms with Crippen LogP contribution >= 0.6 is 11.3 Å². The zero-order valence-corrected chi connectivity index (χ0v) is 10.9. The Kier molecular flexibility index (Phi) is 2.98. The Labute approximate surface area is 109 Å². The largest absolute Gasteiger partial charge is 0.355 e. The lowest BCUT2D eigenvalue weighted by Gasteiger charge is -1.99. The average Bonchev–Trinajstić information content (AvgIpc) is 2.95. The fourth-order valence-corrected chi connectivity index (χ4v) is 2.52. The van der Waals surface area contributed by atoms with Gasteiger partial charge in [-0.15, -0.1) is 11.3 Å². The second kappa shape index (κ2) is 4.78. The number of hydrogen-bond acceptors (Lipinski definition) is 4. The van der Waals surface area contributed by atoms with E-state index in [0.717, 1.165) is 40.6 Å². The smallest absolute Gasteiger partial charge is 0.201 e. The van der Waals surface area contributed by atoms with Gasteiger partial charge in [-0.3, -0.25) is 0 Å². The number of nitrogens with zero attached hydrogens (tertiary/aromatic N) is 2. The minimum atomic E-state index is 0.822. The summed E-state index contributed by atoms with van der Waals surface area (Å²) >= 11 is 1.69. The molecule has 3 aromatic rings. The summed E-state index contributed by atoms with van der Waals surface area (Å²) in [6, 6.07) is 8.02. The third-order valence-electron chi connectivity index (χ3n) is 2.73. The van der Waals surface area contributed by atoms with E-state index in [0.29, 0.717) is 0 Å². The van der Waals surface area contributed by atoms with Gasteiger partial charge in [0.2, 0.25) is 5.95 Å². The molecule has 3 rings (SSSR count). The number of thiazole rings is 1. The second-order valence-corrected chi connectivity index (χ2v) is 5.20. The van der Waals surface area contributed by atoms with E-state index >= 15 is 0 Å². The van der Waals surface area contributed by atoms with Gasteiger partial charge < -0.3 is 10.3 Å². The summed E-state index contributed by atoms with van der Waals surface area (Å²) in [4.78, 5) is 12.1. The first kappa shape index (κ1) is 11.2. The van der Waals surface area contributed by atoms with Gasteiger partial charge in [-0.25, -0.2) is 9.97 Å². The molecule has 0 spiro atoms. The van der Waals surface area contributed by atoms with Gasteiger partial charge in [0.1, 0.15) is 0 Å². The molecule has 0 radical (unpaired) electrons. The predicted molar refractivity (Wildman–Crippen MR) is 75.1 cm³/mol. The Balaban J connectivity index is 1.62. The SMILES string of the molecule is Cc1nc(CCNc2nc3ccccc3[nH]2)cs1. The van der Waals surface area contributed by atoms with Crippen LogP contribution in [-0.4, -0.2) is 21.5 Å². The van der Waals surface area contributed by atoms with Crippen LogP contribution in [0.1, 0.15) is 10.7 Å². The van der Waals surface area contributed by atoms with Gasteiger partial charge in [0, 0.05) is 18.3 Å². The Morgan fingerprint density at radius 3 is 2.94 bits per heavy atom. The third-order valence-corrected chi connectivity index (χ3v) is 3.55. The molecule has 2 aromatic heterocycles. The van der Waals surface area contributed by atoms with E-state index in [4.69, 9.17) is 0 Å². The summed E-state index contributed by atoms with van der Waals surface area (Å²) in [5, 5.41) is 6.52. The van der Waals surface area contributed by atoms with Gasteiger partial charge in [-0.1, -0.05) is 12.1 Å². The highest BCUT2D eigenvalue weighted by Crippen LogP contribution is 2.13. The molecule has 0 aliphatic carbocycles. The maximum absolute atomic E-state index is 4.46. The van der Waals surface area contributed by atoms with Crippen LogP contribution in [0, 0.1) is 6.92 Å². The molecule has 0 atom stereocenters. The lowest BCUT2D eigenvalue weighted by atomic mass is 10.3. The van der Waals surface area contributed by atoms with Crippen molar-refractivity contribution in [1.82, 2.24) is 15.0 Å². The molecule has 0 unspecified atom stereocenters. The molecule has 0 saturated carbocycles. The summed E-state index contributed by atoms with van der Waals surface area (Å²) in [6.07, 6.45) is 0.918. The topological polar surface area (TPSA) is 53.6 Å². The number of rotatable bonds is 4. The first-order chi connectivity index (χ1) is 8.81. The second-order valence-electron chi connectivity index (χ2n) is 4.14. The summed E-state index contributed by atoms with van der Waals surface area (Å²) < 4.78 is 0. The van der Waals surface area contributed by atoms with Crippen LogP contribution < -0.4 is 5.32 Å². The molecule has 0 bridgehead atoms. The van der Waals surface area contributed by atoms with Crippen LogP contribution in [0.3, 0.4) is 0 Å². The zero-order valence-electron chi connectivity index (χ0n) is 10.1. The summed E-state index contributed by atoms with van der Waals surface area (Å²) in [6.45, 7) is 2.86. The van der Waals surface area contributed by atoms with E-state index in [1.54, 1.807) is 11.3 Å². The molecule has 0 amide bonds. The summed E-state index contributed by atoms with van der Waals surface area (Å²) in [5.74, 6) is 0.822. The van der Waals surface area contributed by atoms with Crippen molar-refractivity contribution in [3.63, 3.8) is 0 Å². The third kappa shape index (κ3) is 2.36. The van der Waals surface area contributed by atoms with Gasteiger partial charge >= 0.3 is 0 Å². The van der Waals surface area contributed by atoms with Crippen LogP contribution in [0.4, 0.5) is 5.95 Å². The molecule has 0 aliphatic rings. The Morgan fingerprint density at radius 1 is 1.28 bits per heavy atom. The number of anilines is 1. The van der Waals surface area contributed by atoms with Gasteiger partial charge in [-0.05, 0) is 19.1 Å². The molecular weight excluding hydrogens is 244 g/mol. The Morgan fingerprint density at radius 2 is 2.17 bits per heavy atom. The monoisotopic (exact) mass is 258 g/mol. The molecule has 0 saturated heterocycles. The molecule has 1 aromatic carbocycles. The lowest BCUT2D eigenvalue weighted by Crippen LogP contribution is -2.06. The number of benzene rings is 1. The van der Waals surface area contributed by atoms with Crippen LogP contribution in [-0.2, 0) is 6.42 Å². The van der Waals surface area contributed by atoms with Crippen molar-refractivity contribution in [2.75, 3.05) is 11.9 Å². The molecule has 92 valence electrons. The highest BCUT2D eigenvalue weighted by molar-refractivity contribution is 7.09. The van der Waals surface area contributed by atoms with Crippen molar-refractivity contribution in [2.45, 2.75) is 13.3 Å². The molecule has 2 heterocycles. The maximum Gasteiger partial charge on any atom is 0.201 e. The summed E-state index contributed by atoms with van der Waals surface area (Å²) in [5.41, 5.74) is 3.19. The standard InChI is InChI=1S/C13H14N4S/c1-9-15-10(8-18-9)6-7-14-13-16-11-4-2-3-5-12(11)17-13/h2-5,8H,6-7H2,1H3,(H2,14,16,17). The number of aryl methyl sites for hydroxylation is 1. The number of hydrogen-bond donors (Lipinski definition) is 2. The Hall–Kier alpha value is -1.88. The van der Waals surface area contributed by atoms with Gasteiger partial charge in [0.25, 0.3) is 0 Å². The first-order valence-corrected chi connectivity index (χ1v) is 6.79. The zero-order chi connectivity index (χ0) is 12.4. The first-order valence-electron chi connectivity index (χ1n) is 5.91. The van der Waals surface area contributed by atoms with E-state index in [1.807, 2.05) is 31.2 Å². The normalized spacial score (nSPS) is 10.9. The number of aromatic nitrogens is 3. The van der Waals surface area contributed by atoms with Crippen molar-refractivity contribution in [2.24, 2.45) is 0 Å². The van der Waals surface area contributed by atoms with Crippen LogP contribution in [0.25, 0.3) is 11.0 Å². The number of H-pyrrole nitrogens is 1. The fraction of sp³-hybridized carbons (Fsp3) is 0.231. The van der Waals surface area contributed by atoms with Crippen molar-refractivity contribution in [3.05, 3.63) is 40.3 Å². The number of para-hydroxylation sites is 2. The molecular formula is C13H14N4S. The van der Waals surface area contributed by atoms with Crippen LogP contribution in [0.5, 0.6) is 0 Å². The molecule has 18 heavy (non-hydrogen) atoms. The number of nitrogens with one attached hydrogen (secondary N) is 2. The molecule has 2 N–H and O–H groups in total. The van der Waals surface area contributed by atoms with E-state index in [9.17, 15) is 0 Å². The number of fused-ring (bicyclic) bond motifs is 1. The number of imidazole rings is 1. The molecule has 0 aliphatic heterocycles. The lowest BCUT2D eigenvalue weighted by molar-refractivity contribution is 0.956. The minimum Gasteiger partial charge on any atom is -0.355 e. The molecule has 4 nitrogen and oxygen atoms in total. The van der Waals surface area contributed by atoms with E-state index < -0.39 is 0 Å². The van der Waals surface area contributed by atoms with Gasteiger partial charge in [0.05, 0.1) is 21.7 Å². The van der Waals surface area contributed by atoms with E-state index in [1.165, 1.54) is 0 Å². The maximum atomic E-state index is 4.46. The van der Waals surface area contributed by atoms with E-state index in [2.05, 4.69) is 25.6 Å². The van der Waals surface area contributed by atoms with Gasteiger partial charge in [0.15, 0.2) is 0 Å². The van der Waals surface area contributed by atoms with Crippen LogP contribution in [0.15, 0.2) is 29.6 Å². The van der Waals surface area contributed by atoms with Crippen molar-refractivity contribution < 1.29 is 0 Å². The van der Waals surface area contributed by atoms with Crippen molar-refractivity contribution >= 4 is 28.3 Å². The summed E-state index contributed by atoms with van der Waals surface area (Å²) in [7, 11) is 0. The fourth-order valence-electron chi connectivity index (χ4n) is 1.87. The van der Waals surface area contributed by atoms with Crippen molar-refractivity contribution in [3.8, 4) is 0 Å². The average molecular weight is 258 g/mol. The quantitative estimate of drug-likeness (QED) is 0.756. The van der Waals surface area contributed by atoms with Gasteiger partial charge in [-0.2, -0.15) is 0 Å². The van der Waals surface area contributed by atoms with Crippen LogP contribution in [0.2, 0.25) is 0 Å². The molecule has 0 fully saturated rings.